The molecule has 0 unspecified atom stereocenters. The highest BCUT2D eigenvalue weighted by molar-refractivity contribution is 6.36. The Morgan fingerprint density at radius 1 is 0.327 bits per heavy atom. The number of hydrogen-bond donors (Lipinski definition) is 0. The van der Waals surface area contributed by atoms with Crippen LogP contribution in [0.15, 0.2) is 200 Å². The number of fused-ring (bicyclic) bond motifs is 10. The molecule has 0 radical (unpaired) electrons. The minimum atomic E-state index is 0.693. The van der Waals surface area contributed by atoms with E-state index in [-0.39, 0.29) is 0 Å². The second-order valence-corrected chi connectivity index (χ2v) is 14.2. The molecule has 11 rings (SSSR count). The largest absolute Gasteiger partial charge is 0.309 e. The summed E-state index contributed by atoms with van der Waals surface area (Å²) in [6, 6.07) is 71.4. The molecule has 9 aromatic carbocycles. The lowest BCUT2D eigenvalue weighted by atomic mass is 9.93. The molecule has 0 fully saturated rings. The van der Waals surface area contributed by atoms with Crippen LogP contribution in [-0.2, 0) is 0 Å². The van der Waals surface area contributed by atoms with Crippen molar-refractivity contribution in [2.75, 3.05) is 0 Å². The Kier molecular flexibility index (Phi) is 7.17. The summed E-state index contributed by atoms with van der Waals surface area (Å²) in [4.78, 5) is 10.4. The Bertz CT molecular complexity index is 3230. The molecule has 0 atom stereocenters. The minimum Gasteiger partial charge on any atom is -0.309 e. The third kappa shape index (κ3) is 5.13. The van der Waals surface area contributed by atoms with Gasteiger partial charge < -0.3 is 4.57 Å². The van der Waals surface area contributed by atoms with Crippen LogP contribution in [0.3, 0.4) is 0 Å². The normalized spacial score (nSPS) is 11.6. The molecule has 0 aliphatic heterocycles. The summed E-state index contributed by atoms with van der Waals surface area (Å²) in [5, 5.41) is 10.1. The molecule has 3 nitrogen and oxygen atoms in total. The molecule has 55 heavy (non-hydrogen) atoms. The van der Waals surface area contributed by atoms with Crippen LogP contribution in [0.1, 0.15) is 0 Å². The Morgan fingerprint density at radius 3 is 1.71 bits per heavy atom. The molecule has 0 saturated heterocycles. The molecular weight excluding hydrogens is 667 g/mol. The number of benzene rings is 9. The van der Waals surface area contributed by atoms with Crippen molar-refractivity contribution in [3.05, 3.63) is 200 Å². The zero-order valence-corrected chi connectivity index (χ0v) is 29.9. The number of rotatable bonds is 5. The van der Waals surface area contributed by atoms with Gasteiger partial charge in [0.2, 0.25) is 0 Å². The first kappa shape index (κ1) is 31.2. The lowest BCUT2D eigenvalue weighted by Crippen LogP contribution is -1.98. The van der Waals surface area contributed by atoms with Gasteiger partial charge in [-0.15, -0.1) is 0 Å². The summed E-state index contributed by atoms with van der Waals surface area (Å²) >= 11 is 0. The van der Waals surface area contributed by atoms with Gasteiger partial charge in [-0.25, -0.2) is 9.97 Å². The zero-order valence-electron chi connectivity index (χ0n) is 29.9. The molecule has 256 valence electrons. The molecule has 3 heteroatoms. The molecule has 0 aliphatic carbocycles. The summed E-state index contributed by atoms with van der Waals surface area (Å²) in [6.07, 6.45) is 0. The Morgan fingerprint density at radius 2 is 0.927 bits per heavy atom. The Balaban J connectivity index is 1.11. The van der Waals surface area contributed by atoms with Crippen molar-refractivity contribution in [1.82, 2.24) is 14.5 Å². The average molecular weight is 700 g/mol. The van der Waals surface area contributed by atoms with Crippen LogP contribution in [0.2, 0.25) is 0 Å². The van der Waals surface area contributed by atoms with Gasteiger partial charge in [-0.05, 0) is 75.1 Å². The standard InChI is InChI=1S/C52H33N3/c1-3-14-34(15-4-1)38-19-13-20-39(32-38)47-33-46(36-17-5-2-6-18-36)53-52(54-47)37-26-29-40(30-27-37)55-48-25-12-11-24-45(48)50-49-41-21-8-7-16-35(41)28-31-43(49)42-22-9-10-23-44(42)51(50)55/h1-33H. The van der Waals surface area contributed by atoms with Crippen molar-refractivity contribution >= 4 is 54.1 Å². The third-order valence-electron chi connectivity index (χ3n) is 11.0. The molecule has 2 aromatic heterocycles. The van der Waals surface area contributed by atoms with E-state index in [1.165, 1.54) is 59.7 Å². The third-order valence-corrected chi connectivity index (χ3v) is 11.0. The summed E-state index contributed by atoms with van der Waals surface area (Å²) < 4.78 is 2.44. The van der Waals surface area contributed by atoms with Crippen LogP contribution < -0.4 is 0 Å². The van der Waals surface area contributed by atoms with E-state index in [4.69, 9.17) is 9.97 Å². The van der Waals surface area contributed by atoms with Gasteiger partial charge in [-0.1, -0.05) is 158 Å². The number of hydrogen-bond acceptors (Lipinski definition) is 2. The monoisotopic (exact) mass is 699 g/mol. The quantitative estimate of drug-likeness (QED) is 0.167. The first-order valence-electron chi connectivity index (χ1n) is 18.7. The fourth-order valence-electron chi connectivity index (χ4n) is 8.44. The topological polar surface area (TPSA) is 30.7 Å². The first-order valence-corrected chi connectivity index (χ1v) is 18.7. The summed E-state index contributed by atoms with van der Waals surface area (Å²) in [7, 11) is 0. The summed E-state index contributed by atoms with van der Waals surface area (Å²) in [5.74, 6) is 0.693. The maximum Gasteiger partial charge on any atom is 0.160 e. The van der Waals surface area contributed by atoms with Crippen LogP contribution >= 0.6 is 0 Å². The summed E-state index contributed by atoms with van der Waals surface area (Å²) in [6.45, 7) is 0. The molecule has 11 aromatic rings. The van der Waals surface area contributed by atoms with Gasteiger partial charge in [0.05, 0.1) is 22.4 Å². The van der Waals surface area contributed by atoms with Gasteiger partial charge in [-0.2, -0.15) is 0 Å². The lowest BCUT2D eigenvalue weighted by Gasteiger charge is -2.14. The second-order valence-electron chi connectivity index (χ2n) is 14.2. The first-order chi connectivity index (χ1) is 27.3. The Hall–Kier alpha value is -7.36. The molecule has 0 aliphatic rings. The molecule has 0 N–H and O–H groups in total. The van der Waals surface area contributed by atoms with Gasteiger partial charge in [0.1, 0.15) is 0 Å². The predicted octanol–water partition coefficient (Wildman–Crippen LogP) is 13.7. The number of nitrogens with zero attached hydrogens (tertiary/aromatic N) is 3. The minimum absolute atomic E-state index is 0.693. The fourth-order valence-corrected chi connectivity index (χ4v) is 8.44. The van der Waals surface area contributed by atoms with Crippen molar-refractivity contribution < 1.29 is 0 Å². The van der Waals surface area contributed by atoms with Gasteiger partial charge in [0.15, 0.2) is 5.82 Å². The smallest absolute Gasteiger partial charge is 0.160 e. The van der Waals surface area contributed by atoms with Crippen LogP contribution in [0.25, 0.3) is 105 Å². The van der Waals surface area contributed by atoms with Crippen LogP contribution in [0.5, 0.6) is 0 Å². The number of para-hydroxylation sites is 1. The zero-order chi connectivity index (χ0) is 36.3. The van der Waals surface area contributed by atoms with Crippen molar-refractivity contribution in [2.45, 2.75) is 0 Å². The van der Waals surface area contributed by atoms with E-state index in [1.807, 2.05) is 6.07 Å². The van der Waals surface area contributed by atoms with Crippen molar-refractivity contribution in [3.8, 4) is 50.7 Å². The predicted molar refractivity (Wildman–Crippen MR) is 231 cm³/mol. The molecule has 0 amide bonds. The van der Waals surface area contributed by atoms with Gasteiger partial charge in [-0.3, -0.25) is 0 Å². The van der Waals surface area contributed by atoms with Gasteiger partial charge >= 0.3 is 0 Å². The van der Waals surface area contributed by atoms with E-state index in [0.717, 1.165) is 39.3 Å². The molecule has 0 bridgehead atoms. The maximum atomic E-state index is 5.21. The van der Waals surface area contributed by atoms with Gasteiger partial charge in [0.25, 0.3) is 0 Å². The summed E-state index contributed by atoms with van der Waals surface area (Å²) in [5.41, 5.74) is 10.7. The fraction of sp³-hybridized carbons (Fsp3) is 0. The number of aromatic nitrogens is 3. The van der Waals surface area contributed by atoms with E-state index in [9.17, 15) is 0 Å². The van der Waals surface area contributed by atoms with Crippen LogP contribution in [0, 0.1) is 0 Å². The lowest BCUT2D eigenvalue weighted by molar-refractivity contribution is 1.17. The van der Waals surface area contributed by atoms with Gasteiger partial charge in [0, 0.05) is 43.9 Å². The SMILES string of the molecule is c1ccc(-c2cccc(-c3cc(-c4ccccc4)nc(-c4ccc(-n5c6ccccc6c6c7c8ccccc8ccc7c7ccccc7c65)cc4)n3)c2)cc1. The Labute approximate surface area is 318 Å². The van der Waals surface area contributed by atoms with E-state index in [0.29, 0.717) is 5.82 Å². The highest BCUT2D eigenvalue weighted by atomic mass is 15.0. The molecular formula is C52H33N3. The van der Waals surface area contributed by atoms with E-state index in [1.54, 1.807) is 0 Å². The van der Waals surface area contributed by atoms with E-state index < -0.39 is 0 Å². The second kappa shape index (κ2) is 12.6. The van der Waals surface area contributed by atoms with Crippen molar-refractivity contribution in [1.29, 1.82) is 0 Å². The van der Waals surface area contributed by atoms with Crippen LogP contribution in [-0.4, -0.2) is 14.5 Å². The maximum absolute atomic E-state index is 5.21. The highest BCUT2D eigenvalue weighted by Gasteiger charge is 2.20. The average Bonchev–Trinajstić information content (AvgIpc) is 3.62. The van der Waals surface area contributed by atoms with Crippen LogP contribution in [0.4, 0.5) is 0 Å². The van der Waals surface area contributed by atoms with Crippen molar-refractivity contribution in [2.24, 2.45) is 0 Å². The van der Waals surface area contributed by atoms with E-state index in [2.05, 4.69) is 199 Å². The van der Waals surface area contributed by atoms with Crippen molar-refractivity contribution in [3.63, 3.8) is 0 Å². The molecule has 0 saturated carbocycles. The molecule has 2 heterocycles. The van der Waals surface area contributed by atoms with E-state index >= 15 is 0 Å². The highest BCUT2D eigenvalue weighted by Crippen LogP contribution is 2.44. The molecule has 0 spiro atoms.